The number of aromatic nitrogens is 2. The minimum Gasteiger partial charge on any atom is -0.452 e. The number of likely N-dealkylation sites (tertiary alicyclic amines) is 1. The number of carbonyl (C=O) groups is 3. The predicted molar refractivity (Wildman–Crippen MR) is 119 cm³/mol. The minimum absolute atomic E-state index is 0.151. The number of benzene rings is 1. The van der Waals surface area contributed by atoms with Crippen molar-refractivity contribution in [2.45, 2.75) is 25.4 Å². The van der Waals surface area contributed by atoms with Gasteiger partial charge in [-0.2, -0.15) is 0 Å². The Bertz CT molecular complexity index is 935. The number of nitrogens with one attached hydrogen (secondary N) is 1. The number of anilines is 1. The van der Waals surface area contributed by atoms with Crippen LogP contribution in [0.1, 0.15) is 30.6 Å². The van der Waals surface area contributed by atoms with Gasteiger partial charge < -0.3 is 19.5 Å². The van der Waals surface area contributed by atoms with E-state index in [2.05, 4.69) is 24.1 Å². The molecule has 1 fully saturated rings. The third-order valence-electron chi connectivity index (χ3n) is 5.08. The third kappa shape index (κ3) is 6.33. The Morgan fingerprint density at radius 2 is 1.90 bits per heavy atom. The van der Waals surface area contributed by atoms with Gasteiger partial charge in [0, 0.05) is 32.5 Å². The van der Waals surface area contributed by atoms with Crippen LogP contribution in [0.25, 0.3) is 0 Å². The van der Waals surface area contributed by atoms with Gasteiger partial charge in [0.25, 0.3) is 5.91 Å². The summed E-state index contributed by atoms with van der Waals surface area (Å²) >= 11 is 1.30. The van der Waals surface area contributed by atoms with E-state index in [9.17, 15) is 14.4 Å². The Labute approximate surface area is 186 Å². The predicted octanol–water partition coefficient (Wildman–Crippen LogP) is 2.81. The number of para-hydroxylation sites is 1. The maximum atomic E-state index is 12.6. The van der Waals surface area contributed by atoms with E-state index in [0.29, 0.717) is 30.6 Å². The van der Waals surface area contributed by atoms with Gasteiger partial charge in [-0.1, -0.05) is 37.7 Å². The molecule has 0 spiro atoms. The third-order valence-corrected chi connectivity index (χ3v) is 6.14. The van der Waals surface area contributed by atoms with Crippen LogP contribution in [-0.2, 0) is 21.4 Å². The van der Waals surface area contributed by atoms with E-state index >= 15 is 0 Å². The summed E-state index contributed by atoms with van der Waals surface area (Å²) in [5, 5.41) is 3.47. The summed E-state index contributed by atoms with van der Waals surface area (Å²) in [5.41, 5.74) is 0.566. The van der Waals surface area contributed by atoms with Crippen LogP contribution in [0.3, 0.4) is 0 Å². The molecule has 0 bridgehead atoms. The van der Waals surface area contributed by atoms with Crippen molar-refractivity contribution in [2.24, 2.45) is 18.9 Å². The molecule has 2 heterocycles. The summed E-state index contributed by atoms with van der Waals surface area (Å²) in [4.78, 5) is 43.3. The van der Waals surface area contributed by atoms with Crippen LogP contribution in [0.15, 0.2) is 41.8 Å². The van der Waals surface area contributed by atoms with Gasteiger partial charge in [-0.15, -0.1) is 0 Å². The molecule has 2 aromatic rings. The molecule has 1 aliphatic rings. The Balaban J connectivity index is 1.55. The molecule has 1 aromatic carbocycles. The van der Waals surface area contributed by atoms with Crippen LogP contribution in [0.2, 0.25) is 0 Å². The van der Waals surface area contributed by atoms with Gasteiger partial charge in [-0.3, -0.25) is 9.59 Å². The number of hydrogen-bond donors (Lipinski definition) is 1. The topological polar surface area (TPSA) is 93.5 Å². The molecule has 1 N–H and O–H groups in total. The van der Waals surface area contributed by atoms with Crippen molar-refractivity contribution in [3.05, 3.63) is 42.2 Å². The summed E-state index contributed by atoms with van der Waals surface area (Å²) in [6.45, 7) is 5.29. The number of thioether (sulfide) groups is 1. The van der Waals surface area contributed by atoms with E-state index in [4.69, 9.17) is 4.74 Å². The van der Waals surface area contributed by atoms with E-state index in [1.807, 2.05) is 11.6 Å². The molecule has 166 valence electrons. The standard InChI is InChI=1S/C22H28N4O4S/c1-15-10-16(2)12-26(11-15)20(28)13-30-21(29)17-6-4-5-7-18(17)24-19(27)14-31-22-23-8-9-25(22)3/h4-9,15-16H,10-14H2,1-3H3,(H,24,27). The molecule has 8 nitrogen and oxygen atoms in total. The van der Waals surface area contributed by atoms with Gasteiger partial charge in [0.2, 0.25) is 5.91 Å². The molecule has 0 aliphatic carbocycles. The average molecular weight is 445 g/mol. The molecule has 1 aliphatic heterocycles. The summed E-state index contributed by atoms with van der Waals surface area (Å²) in [6.07, 6.45) is 4.56. The van der Waals surface area contributed by atoms with E-state index in [1.165, 1.54) is 11.8 Å². The fourth-order valence-corrected chi connectivity index (χ4v) is 4.47. The first-order chi connectivity index (χ1) is 14.8. The molecule has 1 aromatic heterocycles. The van der Waals surface area contributed by atoms with Crippen LogP contribution in [0.5, 0.6) is 0 Å². The smallest absolute Gasteiger partial charge is 0.340 e. The summed E-state index contributed by atoms with van der Waals surface area (Å²) < 4.78 is 7.09. The molecular weight excluding hydrogens is 416 g/mol. The van der Waals surface area contributed by atoms with Gasteiger partial charge in [-0.25, -0.2) is 9.78 Å². The number of imidazole rings is 1. The second-order valence-corrected chi connectivity index (χ2v) is 8.97. The normalized spacial score (nSPS) is 18.5. The second kappa shape index (κ2) is 10.5. The monoisotopic (exact) mass is 444 g/mol. The fraction of sp³-hybridized carbons (Fsp3) is 0.455. The molecule has 2 unspecified atom stereocenters. The lowest BCUT2D eigenvalue weighted by Crippen LogP contribution is -2.44. The molecule has 1 saturated heterocycles. The Morgan fingerprint density at radius 1 is 1.19 bits per heavy atom. The lowest BCUT2D eigenvalue weighted by atomic mass is 9.92. The lowest BCUT2D eigenvalue weighted by Gasteiger charge is -2.34. The Kier molecular flexibility index (Phi) is 7.73. The van der Waals surface area contributed by atoms with Crippen LogP contribution in [0, 0.1) is 11.8 Å². The minimum atomic E-state index is -0.640. The number of hydrogen-bond acceptors (Lipinski definition) is 6. The molecular formula is C22H28N4O4S. The number of ether oxygens (including phenoxy) is 1. The first-order valence-electron chi connectivity index (χ1n) is 10.3. The first kappa shape index (κ1) is 22.9. The summed E-state index contributed by atoms with van der Waals surface area (Å²) in [6, 6.07) is 6.61. The highest BCUT2D eigenvalue weighted by molar-refractivity contribution is 7.99. The lowest BCUT2D eigenvalue weighted by molar-refractivity contribution is -0.137. The van der Waals surface area contributed by atoms with Gasteiger partial charge in [0.1, 0.15) is 0 Å². The van der Waals surface area contributed by atoms with Crippen molar-refractivity contribution in [3.63, 3.8) is 0 Å². The van der Waals surface area contributed by atoms with Crippen molar-refractivity contribution in [1.82, 2.24) is 14.5 Å². The first-order valence-corrected chi connectivity index (χ1v) is 11.3. The average Bonchev–Trinajstić information content (AvgIpc) is 3.14. The van der Waals surface area contributed by atoms with Gasteiger partial charge >= 0.3 is 5.97 Å². The maximum absolute atomic E-state index is 12.6. The largest absolute Gasteiger partial charge is 0.452 e. The number of piperidine rings is 1. The molecule has 3 rings (SSSR count). The molecule has 9 heteroatoms. The van der Waals surface area contributed by atoms with Crippen molar-refractivity contribution in [3.8, 4) is 0 Å². The van der Waals surface area contributed by atoms with Crippen molar-refractivity contribution < 1.29 is 19.1 Å². The SMILES string of the molecule is CC1CC(C)CN(C(=O)COC(=O)c2ccccc2NC(=O)CSc2nccn2C)C1. The zero-order chi connectivity index (χ0) is 22.4. The molecule has 2 amide bonds. The van der Waals surface area contributed by atoms with Crippen LogP contribution in [-0.4, -0.2) is 57.7 Å². The number of carbonyl (C=O) groups excluding carboxylic acids is 3. The summed E-state index contributed by atoms with van der Waals surface area (Å²) in [5.74, 6) is -0.0803. The van der Waals surface area contributed by atoms with Crippen molar-refractivity contribution >= 4 is 35.2 Å². The number of rotatable bonds is 7. The Hall–Kier alpha value is -2.81. The van der Waals surface area contributed by atoms with Crippen LogP contribution < -0.4 is 5.32 Å². The van der Waals surface area contributed by atoms with Crippen LogP contribution >= 0.6 is 11.8 Å². The molecule has 0 saturated carbocycles. The zero-order valence-corrected chi connectivity index (χ0v) is 18.9. The molecule has 31 heavy (non-hydrogen) atoms. The fourth-order valence-electron chi connectivity index (χ4n) is 3.74. The molecule has 0 radical (unpaired) electrons. The quantitative estimate of drug-likeness (QED) is 0.521. The zero-order valence-electron chi connectivity index (χ0n) is 18.0. The van der Waals surface area contributed by atoms with E-state index in [0.717, 1.165) is 11.6 Å². The van der Waals surface area contributed by atoms with Gasteiger partial charge in [0.15, 0.2) is 11.8 Å². The van der Waals surface area contributed by atoms with Gasteiger partial charge in [-0.05, 0) is 30.4 Å². The number of amides is 2. The Morgan fingerprint density at radius 3 is 2.58 bits per heavy atom. The number of esters is 1. The van der Waals surface area contributed by atoms with Gasteiger partial charge in [0.05, 0.1) is 17.0 Å². The number of aryl methyl sites for hydroxylation is 1. The highest BCUT2D eigenvalue weighted by atomic mass is 32.2. The van der Waals surface area contributed by atoms with Crippen molar-refractivity contribution in [2.75, 3.05) is 30.8 Å². The van der Waals surface area contributed by atoms with Crippen LogP contribution in [0.4, 0.5) is 5.69 Å². The highest BCUT2D eigenvalue weighted by Gasteiger charge is 2.26. The molecule has 2 atom stereocenters. The maximum Gasteiger partial charge on any atom is 0.340 e. The number of nitrogens with zero attached hydrogens (tertiary/aromatic N) is 3. The van der Waals surface area contributed by atoms with E-state index in [1.54, 1.807) is 41.6 Å². The highest BCUT2D eigenvalue weighted by Crippen LogP contribution is 2.22. The second-order valence-electron chi connectivity index (χ2n) is 8.02. The summed E-state index contributed by atoms with van der Waals surface area (Å²) in [7, 11) is 1.85. The van der Waals surface area contributed by atoms with E-state index in [-0.39, 0.29) is 29.7 Å². The van der Waals surface area contributed by atoms with Crippen molar-refractivity contribution in [1.29, 1.82) is 0 Å². The van der Waals surface area contributed by atoms with E-state index < -0.39 is 5.97 Å².